The smallest absolute Gasteiger partial charge is 0.157 e. The first-order valence-electron chi connectivity index (χ1n) is 4.08. The Kier molecular flexibility index (Phi) is 5.48. The molecule has 1 fully saturated rings. The van der Waals surface area contributed by atoms with E-state index in [0.717, 1.165) is 0 Å². The summed E-state index contributed by atoms with van der Waals surface area (Å²) in [6.45, 7) is 1.86. The molecule has 4 nitrogen and oxygen atoms in total. The summed E-state index contributed by atoms with van der Waals surface area (Å²) in [5, 5.41) is 9.24. The van der Waals surface area contributed by atoms with E-state index in [2.05, 4.69) is 0 Å². The molecule has 1 saturated heterocycles. The SMILES string of the molecule is C.CO[C@H]1[C@H](C)OC(O)C[C@@H]1OC. The fourth-order valence-electron chi connectivity index (χ4n) is 1.59. The van der Waals surface area contributed by atoms with Gasteiger partial charge in [0.2, 0.25) is 0 Å². The quantitative estimate of drug-likeness (QED) is 0.702. The van der Waals surface area contributed by atoms with Gasteiger partial charge in [0.25, 0.3) is 0 Å². The van der Waals surface area contributed by atoms with Crippen LogP contribution in [0.5, 0.6) is 0 Å². The van der Waals surface area contributed by atoms with Crippen molar-refractivity contribution < 1.29 is 19.3 Å². The molecule has 4 atom stereocenters. The average molecular weight is 192 g/mol. The number of methoxy groups -OCH3 is 2. The highest BCUT2D eigenvalue weighted by Gasteiger charge is 2.35. The molecule has 0 bridgehead atoms. The summed E-state index contributed by atoms with van der Waals surface area (Å²) >= 11 is 0. The normalized spacial score (nSPS) is 39.7. The second kappa shape index (κ2) is 5.54. The van der Waals surface area contributed by atoms with E-state index in [9.17, 15) is 5.11 Å². The van der Waals surface area contributed by atoms with Gasteiger partial charge in [-0.1, -0.05) is 7.43 Å². The van der Waals surface area contributed by atoms with Gasteiger partial charge in [0.15, 0.2) is 6.29 Å². The highest BCUT2D eigenvalue weighted by Crippen LogP contribution is 2.22. The Hall–Kier alpha value is -0.160. The second-order valence-corrected chi connectivity index (χ2v) is 3.01. The molecule has 1 heterocycles. The van der Waals surface area contributed by atoms with Crippen molar-refractivity contribution in [1.29, 1.82) is 0 Å². The second-order valence-electron chi connectivity index (χ2n) is 3.01. The Morgan fingerprint density at radius 3 is 2.38 bits per heavy atom. The van der Waals surface area contributed by atoms with Crippen molar-refractivity contribution in [2.75, 3.05) is 14.2 Å². The van der Waals surface area contributed by atoms with Gasteiger partial charge in [-0.15, -0.1) is 0 Å². The molecule has 1 rings (SSSR count). The van der Waals surface area contributed by atoms with Crippen LogP contribution in [0, 0.1) is 0 Å². The van der Waals surface area contributed by atoms with E-state index in [-0.39, 0.29) is 25.7 Å². The molecule has 0 radical (unpaired) electrons. The van der Waals surface area contributed by atoms with Crippen LogP contribution in [0.15, 0.2) is 0 Å². The monoisotopic (exact) mass is 192 g/mol. The van der Waals surface area contributed by atoms with Gasteiger partial charge in [0.1, 0.15) is 6.10 Å². The Morgan fingerprint density at radius 1 is 1.31 bits per heavy atom. The fraction of sp³-hybridized carbons (Fsp3) is 1.00. The van der Waals surface area contributed by atoms with Gasteiger partial charge in [0.05, 0.1) is 12.2 Å². The predicted octanol–water partition coefficient (Wildman–Crippen LogP) is 0.780. The highest BCUT2D eigenvalue weighted by atomic mass is 16.6. The fourth-order valence-corrected chi connectivity index (χ4v) is 1.59. The summed E-state index contributed by atoms with van der Waals surface area (Å²) in [4.78, 5) is 0. The zero-order valence-electron chi connectivity index (χ0n) is 7.69. The van der Waals surface area contributed by atoms with E-state index in [1.807, 2.05) is 6.92 Å². The highest BCUT2D eigenvalue weighted by molar-refractivity contribution is 4.81. The van der Waals surface area contributed by atoms with Crippen LogP contribution >= 0.6 is 0 Å². The van der Waals surface area contributed by atoms with Crippen LogP contribution in [0.3, 0.4) is 0 Å². The molecule has 1 N–H and O–H groups in total. The minimum Gasteiger partial charge on any atom is -0.378 e. The minimum atomic E-state index is -0.726. The lowest BCUT2D eigenvalue weighted by Gasteiger charge is -2.36. The molecule has 1 aliphatic heterocycles. The van der Waals surface area contributed by atoms with Crippen molar-refractivity contribution in [3.8, 4) is 0 Å². The summed E-state index contributed by atoms with van der Waals surface area (Å²) in [6, 6.07) is 0. The number of ether oxygens (including phenoxy) is 3. The molecule has 0 spiro atoms. The van der Waals surface area contributed by atoms with E-state index in [1.165, 1.54) is 0 Å². The number of rotatable bonds is 2. The maximum absolute atomic E-state index is 9.24. The first kappa shape index (κ1) is 12.8. The molecule has 80 valence electrons. The third kappa shape index (κ3) is 2.91. The predicted molar refractivity (Wildman–Crippen MR) is 49.5 cm³/mol. The van der Waals surface area contributed by atoms with Crippen LogP contribution in [-0.4, -0.2) is 43.9 Å². The van der Waals surface area contributed by atoms with Crippen LogP contribution < -0.4 is 0 Å². The summed E-state index contributed by atoms with van der Waals surface area (Å²) in [5.74, 6) is 0. The molecular weight excluding hydrogens is 172 g/mol. The molecular formula is C9H20O4. The first-order chi connectivity index (χ1) is 5.69. The van der Waals surface area contributed by atoms with E-state index in [4.69, 9.17) is 14.2 Å². The van der Waals surface area contributed by atoms with Gasteiger partial charge in [-0.25, -0.2) is 0 Å². The Balaban J connectivity index is 0.00000144. The molecule has 0 amide bonds. The Labute approximate surface area is 79.8 Å². The van der Waals surface area contributed by atoms with Gasteiger partial charge in [-0.2, -0.15) is 0 Å². The molecule has 1 unspecified atom stereocenters. The van der Waals surface area contributed by atoms with Crippen molar-refractivity contribution in [2.45, 2.75) is 45.4 Å². The van der Waals surface area contributed by atoms with Crippen molar-refractivity contribution in [3.63, 3.8) is 0 Å². The van der Waals surface area contributed by atoms with E-state index in [0.29, 0.717) is 6.42 Å². The molecule has 0 aromatic carbocycles. The first-order valence-corrected chi connectivity index (χ1v) is 4.08. The molecule has 0 saturated carbocycles. The zero-order valence-corrected chi connectivity index (χ0v) is 7.69. The van der Waals surface area contributed by atoms with Crippen molar-refractivity contribution in [3.05, 3.63) is 0 Å². The largest absolute Gasteiger partial charge is 0.378 e. The molecule has 0 aromatic heterocycles. The number of hydrogen-bond donors (Lipinski definition) is 1. The standard InChI is InChI=1S/C8H16O4.CH4/c1-5-8(11-3)6(10-2)4-7(9)12-5;/h5-9H,4H2,1-3H3;1H4/t5-,6-,7?,8-;/m0./s1. The minimum absolute atomic E-state index is 0. The van der Waals surface area contributed by atoms with Crippen LogP contribution in [0.1, 0.15) is 20.8 Å². The third-order valence-corrected chi connectivity index (χ3v) is 2.21. The van der Waals surface area contributed by atoms with Crippen LogP contribution in [0.25, 0.3) is 0 Å². The number of aliphatic hydroxyl groups excluding tert-OH is 1. The van der Waals surface area contributed by atoms with Gasteiger partial charge in [0, 0.05) is 20.6 Å². The van der Waals surface area contributed by atoms with Crippen LogP contribution in [0.4, 0.5) is 0 Å². The maximum atomic E-state index is 9.24. The number of hydrogen-bond acceptors (Lipinski definition) is 4. The van der Waals surface area contributed by atoms with Crippen molar-refractivity contribution in [1.82, 2.24) is 0 Å². The topological polar surface area (TPSA) is 47.9 Å². The summed E-state index contributed by atoms with van der Waals surface area (Å²) in [6.07, 6.45) is -0.536. The van der Waals surface area contributed by atoms with Crippen LogP contribution in [0.2, 0.25) is 0 Å². The molecule has 0 aliphatic carbocycles. The van der Waals surface area contributed by atoms with E-state index >= 15 is 0 Å². The molecule has 4 heteroatoms. The van der Waals surface area contributed by atoms with Gasteiger partial charge >= 0.3 is 0 Å². The average Bonchev–Trinajstić information content (AvgIpc) is 2.03. The Bertz CT molecular complexity index is 140. The van der Waals surface area contributed by atoms with E-state index in [1.54, 1.807) is 14.2 Å². The van der Waals surface area contributed by atoms with Gasteiger partial charge in [-0.3, -0.25) is 0 Å². The van der Waals surface area contributed by atoms with Crippen molar-refractivity contribution in [2.24, 2.45) is 0 Å². The lowest BCUT2D eigenvalue weighted by atomic mass is 10.0. The molecule has 1 aliphatic rings. The van der Waals surface area contributed by atoms with Crippen molar-refractivity contribution >= 4 is 0 Å². The van der Waals surface area contributed by atoms with E-state index < -0.39 is 6.29 Å². The summed E-state index contributed by atoms with van der Waals surface area (Å²) in [5.41, 5.74) is 0. The van der Waals surface area contributed by atoms with Gasteiger partial charge in [-0.05, 0) is 6.92 Å². The molecule has 13 heavy (non-hydrogen) atoms. The third-order valence-electron chi connectivity index (χ3n) is 2.21. The summed E-state index contributed by atoms with van der Waals surface area (Å²) in [7, 11) is 3.23. The zero-order chi connectivity index (χ0) is 9.14. The maximum Gasteiger partial charge on any atom is 0.157 e. The summed E-state index contributed by atoms with van der Waals surface area (Å²) < 4.78 is 15.5. The Morgan fingerprint density at radius 2 is 1.92 bits per heavy atom. The number of aliphatic hydroxyl groups is 1. The lowest BCUT2D eigenvalue weighted by Crippen LogP contribution is -2.48. The van der Waals surface area contributed by atoms with Crippen LogP contribution in [-0.2, 0) is 14.2 Å². The lowest BCUT2D eigenvalue weighted by molar-refractivity contribution is -0.237. The molecule has 0 aromatic rings. The van der Waals surface area contributed by atoms with Gasteiger partial charge < -0.3 is 19.3 Å².